The predicted octanol–water partition coefficient (Wildman–Crippen LogP) is 4.79. The number of pyridine rings is 1. The molecule has 0 saturated carbocycles. The minimum Gasteiger partial charge on any atom is -0.497 e. The normalized spacial score (nSPS) is 17.9. The summed E-state index contributed by atoms with van der Waals surface area (Å²) in [4.78, 5) is 18.3. The SMILES string of the molecule is COc1ccc2ncc(F)c(CCCC3CC(C(=O)NO)CCN3CCOc3cc(F)c(F)c(F)c3)c2c1. The fraction of sp³-hybridized carbons (Fsp3) is 0.407. The number of benzene rings is 2. The number of nitrogens with zero attached hydrogens (tertiary/aromatic N) is 2. The highest BCUT2D eigenvalue weighted by Gasteiger charge is 2.32. The van der Waals surface area contributed by atoms with Crippen molar-refractivity contribution in [2.75, 3.05) is 26.8 Å². The minimum atomic E-state index is -1.56. The molecule has 0 spiro atoms. The lowest BCUT2D eigenvalue weighted by atomic mass is 9.87. The third-order valence-electron chi connectivity index (χ3n) is 7.02. The summed E-state index contributed by atoms with van der Waals surface area (Å²) >= 11 is 0. The van der Waals surface area contributed by atoms with Gasteiger partial charge in [-0.25, -0.2) is 23.0 Å². The fourth-order valence-corrected chi connectivity index (χ4v) is 5.02. The van der Waals surface area contributed by atoms with Crippen LogP contribution in [0.2, 0.25) is 0 Å². The molecule has 2 unspecified atom stereocenters. The predicted molar refractivity (Wildman–Crippen MR) is 131 cm³/mol. The van der Waals surface area contributed by atoms with Crippen molar-refractivity contribution in [3.63, 3.8) is 0 Å². The van der Waals surface area contributed by atoms with Crippen LogP contribution in [-0.2, 0) is 11.2 Å². The maximum absolute atomic E-state index is 14.7. The van der Waals surface area contributed by atoms with Gasteiger partial charge in [-0.05, 0) is 62.4 Å². The number of amides is 1. The minimum absolute atomic E-state index is 0.0814. The number of carbonyl (C=O) groups is 1. The van der Waals surface area contributed by atoms with Gasteiger partial charge in [0.25, 0.3) is 0 Å². The molecule has 4 rings (SSSR count). The van der Waals surface area contributed by atoms with Gasteiger partial charge in [-0.2, -0.15) is 0 Å². The second kappa shape index (κ2) is 12.4. The molecule has 0 bridgehead atoms. The molecule has 1 aliphatic rings. The Morgan fingerprint density at radius 3 is 2.61 bits per heavy atom. The summed E-state index contributed by atoms with van der Waals surface area (Å²) in [7, 11) is 1.54. The van der Waals surface area contributed by atoms with E-state index in [0.29, 0.717) is 67.4 Å². The van der Waals surface area contributed by atoms with Crippen LogP contribution in [0.1, 0.15) is 31.2 Å². The van der Waals surface area contributed by atoms with Gasteiger partial charge in [0.1, 0.15) is 23.9 Å². The summed E-state index contributed by atoms with van der Waals surface area (Å²) in [5.74, 6) is -4.99. The molecule has 2 N–H and O–H groups in total. The van der Waals surface area contributed by atoms with Crippen LogP contribution >= 0.6 is 0 Å². The van der Waals surface area contributed by atoms with Crippen LogP contribution in [0.3, 0.4) is 0 Å². The first-order valence-corrected chi connectivity index (χ1v) is 12.4. The number of piperidine rings is 1. The fourth-order valence-electron chi connectivity index (χ4n) is 5.02. The highest BCUT2D eigenvalue weighted by molar-refractivity contribution is 5.83. The van der Waals surface area contributed by atoms with Crippen molar-refractivity contribution in [2.24, 2.45) is 5.92 Å². The Morgan fingerprint density at radius 1 is 1.13 bits per heavy atom. The number of rotatable bonds is 10. The largest absolute Gasteiger partial charge is 0.497 e. The number of likely N-dealkylation sites (tertiary alicyclic amines) is 1. The van der Waals surface area contributed by atoms with E-state index in [1.165, 1.54) is 13.3 Å². The van der Waals surface area contributed by atoms with E-state index in [1.807, 2.05) is 0 Å². The summed E-state index contributed by atoms with van der Waals surface area (Å²) in [5.41, 5.74) is 2.91. The molecular weight excluding hydrogens is 506 g/mol. The number of carbonyl (C=O) groups excluding carboxylic acids is 1. The highest BCUT2D eigenvalue weighted by atomic mass is 19.2. The van der Waals surface area contributed by atoms with Crippen LogP contribution in [0.5, 0.6) is 11.5 Å². The molecule has 2 heterocycles. The Bertz CT molecular complexity index is 1270. The smallest absolute Gasteiger partial charge is 0.246 e. The van der Waals surface area contributed by atoms with Crippen LogP contribution in [0.25, 0.3) is 10.9 Å². The number of methoxy groups -OCH3 is 1. The maximum Gasteiger partial charge on any atom is 0.246 e. The van der Waals surface area contributed by atoms with E-state index in [2.05, 4.69) is 9.88 Å². The van der Waals surface area contributed by atoms with Crippen LogP contribution in [-0.4, -0.2) is 53.8 Å². The van der Waals surface area contributed by atoms with Gasteiger partial charge in [0.2, 0.25) is 5.91 Å². The molecule has 0 aliphatic carbocycles. The van der Waals surface area contributed by atoms with E-state index in [1.54, 1.807) is 23.7 Å². The topological polar surface area (TPSA) is 83.9 Å². The highest BCUT2D eigenvalue weighted by Crippen LogP contribution is 2.29. The number of hydrogen-bond donors (Lipinski definition) is 2. The van der Waals surface area contributed by atoms with Crippen LogP contribution in [0.15, 0.2) is 36.5 Å². The number of aromatic nitrogens is 1. The van der Waals surface area contributed by atoms with Crippen LogP contribution in [0, 0.1) is 29.2 Å². The van der Waals surface area contributed by atoms with Crippen molar-refractivity contribution in [2.45, 2.75) is 38.1 Å². The molecule has 38 heavy (non-hydrogen) atoms. The average molecular weight is 536 g/mol. The van der Waals surface area contributed by atoms with Gasteiger partial charge < -0.3 is 9.47 Å². The van der Waals surface area contributed by atoms with E-state index in [9.17, 15) is 22.4 Å². The molecule has 1 aromatic heterocycles. The van der Waals surface area contributed by atoms with Gasteiger partial charge in [-0.3, -0.25) is 19.9 Å². The van der Waals surface area contributed by atoms with Crippen molar-refractivity contribution in [3.05, 3.63) is 65.4 Å². The molecular formula is C27H29F4N3O4. The Hall–Kier alpha value is -3.44. The maximum atomic E-state index is 14.7. The zero-order valence-electron chi connectivity index (χ0n) is 20.9. The van der Waals surface area contributed by atoms with Gasteiger partial charge in [0.15, 0.2) is 17.5 Å². The first kappa shape index (κ1) is 27.6. The van der Waals surface area contributed by atoms with E-state index in [-0.39, 0.29) is 24.3 Å². The lowest BCUT2D eigenvalue weighted by molar-refractivity contribution is -0.135. The second-order valence-electron chi connectivity index (χ2n) is 9.30. The van der Waals surface area contributed by atoms with Gasteiger partial charge in [0.05, 0.1) is 18.8 Å². The van der Waals surface area contributed by atoms with Crippen molar-refractivity contribution in [1.82, 2.24) is 15.4 Å². The summed E-state index contributed by atoms with van der Waals surface area (Å²) in [6.45, 7) is 1.01. The van der Waals surface area contributed by atoms with E-state index >= 15 is 0 Å². The first-order valence-electron chi connectivity index (χ1n) is 12.4. The van der Waals surface area contributed by atoms with Crippen molar-refractivity contribution < 1.29 is 37.0 Å². The van der Waals surface area contributed by atoms with Gasteiger partial charge in [-0.15, -0.1) is 0 Å². The lowest BCUT2D eigenvalue weighted by Gasteiger charge is -2.39. The summed E-state index contributed by atoms with van der Waals surface area (Å²) in [5, 5.41) is 9.77. The summed E-state index contributed by atoms with van der Waals surface area (Å²) in [6.07, 6.45) is 3.85. The van der Waals surface area contributed by atoms with Gasteiger partial charge in [-0.1, -0.05) is 0 Å². The van der Waals surface area contributed by atoms with Crippen LogP contribution in [0.4, 0.5) is 17.6 Å². The van der Waals surface area contributed by atoms with Crippen LogP contribution < -0.4 is 15.0 Å². The molecule has 11 heteroatoms. The quantitative estimate of drug-likeness (QED) is 0.168. The third-order valence-corrected chi connectivity index (χ3v) is 7.02. The molecule has 3 aromatic rings. The van der Waals surface area contributed by atoms with Gasteiger partial charge >= 0.3 is 0 Å². The summed E-state index contributed by atoms with van der Waals surface area (Å²) in [6, 6.07) is 6.79. The Kier molecular flexibility index (Phi) is 9.01. The number of hydrogen-bond acceptors (Lipinski definition) is 6. The van der Waals surface area contributed by atoms with Crippen molar-refractivity contribution in [1.29, 1.82) is 0 Å². The second-order valence-corrected chi connectivity index (χ2v) is 9.30. The van der Waals surface area contributed by atoms with E-state index in [4.69, 9.17) is 14.7 Å². The molecule has 1 aliphatic heterocycles. The number of ether oxygens (including phenoxy) is 2. The number of aryl methyl sites for hydroxylation is 1. The molecule has 2 atom stereocenters. The lowest BCUT2D eigenvalue weighted by Crippen LogP contribution is -2.47. The number of fused-ring (bicyclic) bond motifs is 1. The molecule has 204 valence electrons. The summed E-state index contributed by atoms with van der Waals surface area (Å²) < 4.78 is 65.6. The molecule has 7 nitrogen and oxygen atoms in total. The van der Waals surface area contributed by atoms with E-state index < -0.39 is 29.2 Å². The number of hydroxylamine groups is 1. The van der Waals surface area contributed by atoms with E-state index in [0.717, 1.165) is 12.1 Å². The Labute approximate surface area is 217 Å². The molecule has 1 amide bonds. The van der Waals surface area contributed by atoms with Crippen molar-refractivity contribution >= 4 is 16.8 Å². The van der Waals surface area contributed by atoms with Crippen molar-refractivity contribution in [3.8, 4) is 11.5 Å². The molecule has 1 fully saturated rings. The number of nitrogens with one attached hydrogen (secondary N) is 1. The standard InChI is InChI=1S/C27H29F4N3O4/c1-37-18-5-6-25-21(12-18)20(24(30)15-32-25)4-2-3-17-11-16(27(35)33-36)7-8-34(17)9-10-38-19-13-22(28)26(31)23(29)14-19/h5-6,12-17,36H,2-4,7-11H2,1H3,(H,33,35). The molecule has 0 radical (unpaired) electrons. The Balaban J connectivity index is 1.42. The number of halogens is 4. The molecule has 1 saturated heterocycles. The monoisotopic (exact) mass is 535 g/mol. The Morgan fingerprint density at radius 2 is 1.89 bits per heavy atom. The third kappa shape index (κ3) is 6.33. The average Bonchev–Trinajstić information content (AvgIpc) is 2.92. The zero-order valence-corrected chi connectivity index (χ0v) is 20.9. The van der Waals surface area contributed by atoms with Gasteiger partial charge in [0, 0.05) is 36.0 Å². The molecule has 2 aromatic carbocycles. The zero-order chi connectivity index (χ0) is 27.2. The first-order chi connectivity index (χ1) is 18.3.